The van der Waals surface area contributed by atoms with E-state index in [1.165, 1.54) is 5.56 Å². The lowest BCUT2D eigenvalue weighted by atomic mass is 10.1. The molecule has 0 saturated carbocycles. The average molecular weight is 258 g/mol. The van der Waals surface area contributed by atoms with Gasteiger partial charge in [-0.3, -0.25) is 9.59 Å². The zero-order valence-corrected chi connectivity index (χ0v) is 11.1. The summed E-state index contributed by atoms with van der Waals surface area (Å²) in [7, 11) is 0. The highest BCUT2D eigenvalue weighted by Gasteiger charge is 2.41. The fourth-order valence-electron chi connectivity index (χ4n) is 3.03. The molecule has 1 atom stereocenters. The number of aryl methyl sites for hydroxylation is 1. The van der Waals surface area contributed by atoms with Crippen LogP contribution in [-0.2, 0) is 16.1 Å². The minimum atomic E-state index is -0.203. The van der Waals surface area contributed by atoms with Gasteiger partial charge in [0.1, 0.15) is 12.6 Å². The van der Waals surface area contributed by atoms with E-state index < -0.39 is 0 Å². The van der Waals surface area contributed by atoms with E-state index in [-0.39, 0.29) is 24.4 Å². The highest BCUT2D eigenvalue weighted by molar-refractivity contribution is 5.95. The number of benzene rings is 1. The second-order valence-electron chi connectivity index (χ2n) is 5.43. The molecule has 19 heavy (non-hydrogen) atoms. The van der Waals surface area contributed by atoms with Crippen molar-refractivity contribution in [3.05, 3.63) is 35.4 Å². The van der Waals surface area contributed by atoms with Crippen molar-refractivity contribution in [1.82, 2.24) is 9.80 Å². The Morgan fingerprint density at radius 1 is 1.32 bits per heavy atom. The van der Waals surface area contributed by atoms with Gasteiger partial charge in [-0.05, 0) is 25.3 Å². The minimum Gasteiger partial charge on any atom is -0.329 e. The molecule has 0 aliphatic carbocycles. The van der Waals surface area contributed by atoms with Crippen LogP contribution >= 0.6 is 0 Å². The monoisotopic (exact) mass is 258 g/mol. The summed E-state index contributed by atoms with van der Waals surface area (Å²) < 4.78 is 0. The van der Waals surface area contributed by atoms with Crippen LogP contribution in [0.3, 0.4) is 0 Å². The molecule has 2 fully saturated rings. The first-order chi connectivity index (χ1) is 9.15. The third-order valence-electron chi connectivity index (χ3n) is 3.95. The van der Waals surface area contributed by atoms with E-state index in [0.29, 0.717) is 6.54 Å². The van der Waals surface area contributed by atoms with Crippen LogP contribution in [0.2, 0.25) is 0 Å². The van der Waals surface area contributed by atoms with Gasteiger partial charge in [0.25, 0.3) is 0 Å². The molecule has 2 saturated heterocycles. The Balaban J connectivity index is 1.78. The van der Waals surface area contributed by atoms with Crippen molar-refractivity contribution in [2.24, 2.45) is 0 Å². The van der Waals surface area contributed by atoms with E-state index in [1.54, 1.807) is 9.80 Å². The zero-order chi connectivity index (χ0) is 13.4. The Bertz CT molecular complexity index is 527. The highest BCUT2D eigenvalue weighted by Crippen LogP contribution is 2.24. The number of amides is 2. The fourth-order valence-corrected chi connectivity index (χ4v) is 3.03. The summed E-state index contributed by atoms with van der Waals surface area (Å²) in [6.45, 7) is 3.54. The molecular weight excluding hydrogens is 240 g/mol. The number of rotatable bonds is 2. The van der Waals surface area contributed by atoms with Gasteiger partial charge >= 0.3 is 0 Å². The van der Waals surface area contributed by atoms with Gasteiger partial charge in [-0.25, -0.2) is 0 Å². The van der Waals surface area contributed by atoms with Gasteiger partial charge in [-0.2, -0.15) is 0 Å². The Kier molecular flexibility index (Phi) is 3.01. The lowest BCUT2D eigenvalue weighted by Gasteiger charge is -2.36. The van der Waals surface area contributed by atoms with Gasteiger partial charge in [-0.15, -0.1) is 0 Å². The molecule has 0 radical (unpaired) electrons. The SMILES string of the molecule is Cc1cccc(CN2CC(=O)N3CCCC3C2=O)c1. The van der Waals surface area contributed by atoms with E-state index in [1.807, 2.05) is 25.1 Å². The maximum atomic E-state index is 12.4. The highest BCUT2D eigenvalue weighted by atomic mass is 16.2. The number of carbonyl (C=O) groups excluding carboxylic acids is 2. The van der Waals surface area contributed by atoms with Gasteiger partial charge < -0.3 is 9.80 Å². The molecule has 1 unspecified atom stereocenters. The van der Waals surface area contributed by atoms with Crippen molar-refractivity contribution in [3.63, 3.8) is 0 Å². The molecule has 100 valence electrons. The molecule has 1 aromatic rings. The second kappa shape index (κ2) is 4.68. The second-order valence-corrected chi connectivity index (χ2v) is 5.43. The quantitative estimate of drug-likeness (QED) is 0.803. The number of hydrogen-bond donors (Lipinski definition) is 0. The van der Waals surface area contributed by atoms with E-state index >= 15 is 0 Å². The molecule has 2 heterocycles. The maximum absolute atomic E-state index is 12.4. The molecule has 4 nitrogen and oxygen atoms in total. The lowest BCUT2D eigenvalue weighted by Crippen LogP contribution is -2.56. The third-order valence-corrected chi connectivity index (χ3v) is 3.95. The summed E-state index contributed by atoms with van der Waals surface area (Å²) >= 11 is 0. The van der Waals surface area contributed by atoms with Crippen LogP contribution in [0.4, 0.5) is 0 Å². The van der Waals surface area contributed by atoms with Crippen LogP contribution in [0.25, 0.3) is 0 Å². The van der Waals surface area contributed by atoms with Crippen LogP contribution < -0.4 is 0 Å². The van der Waals surface area contributed by atoms with Crippen LogP contribution in [0.5, 0.6) is 0 Å². The summed E-state index contributed by atoms with van der Waals surface area (Å²) in [5.41, 5.74) is 2.27. The first kappa shape index (κ1) is 12.2. The molecule has 2 aliphatic heterocycles. The number of fused-ring (bicyclic) bond motifs is 1. The fraction of sp³-hybridized carbons (Fsp3) is 0.467. The summed E-state index contributed by atoms with van der Waals surface area (Å²) in [4.78, 5) is 27.8. The van der Waals surface area contributed by atoms with Crippen molar-refractivity contribution >= 4 is 11.8 Å². The maximum Gasteiger partial charge on any atom is 0.246 e. The molecular formula is C15H18N2O2. The Morgan fingerprint density at radius 3 is 2.95 bits per heavy atom. The van der Waals surface area contributed by atoms with Gasteiger partial charge in [0.05, 0.1) is 0 Å². The predicted molar refractivity (Wildman–Crippen MR) is 71.3 cm³/mol. The van der Waals surface area contributed by atoms with Gasteiger partial charge in [0, 0.05) is 13.1 Å². The van der Waals surface area contributed by atoms with Crippen LogP contribution in [-0.4, -0.2) is 40.7 Å². The van der Waals surface area contributed by atoms with Crippen molar-refractivity contribution in [2.75, 3.05) is 13.1 Å². The van der Waals surface area contributed by atoms with Crippen molar-refractivity contribution in [1.29, 1.82) is 0 Å². The Hall–Kier alpha value is -1.84. The third kappa shape index (κ3) is 2.23. The number of piperazine rings is 1. The minimum absolute atomic E-state index is 0.0924. The molecule has 0 aromatic heterocycles. The molecule has 0 N–H and O–H groups in total. The predicted octanol–water partition coefficient (Wildman–Crippen LogP) is 1.33. The topological polar surface area (TPSA) is 40.6 Å². The smallest absolute Gasteiger partial charge is 0.246 e. The summed E-state index contributed by atoms with van der Waals surface area (Å²) in [5.74, 6) is 0.202. The standard InChI is InChI=1S/C15H18N2O2/c1-11-4-2-5-12(8-11)9-16-10-14(18)17-7-3-6-13(17)15(16)19/h2,4-5,8,13H,3,6-7,9-10H2,1H3. The average Bonchev–Trinajstić information content (AvgIpc) is 2.85. The van der Waals surface area contributed by atoms with E-state index in [4.69, 9.17) is 0 Å². The molecule has 0 bridgehead atoms. The van der Waals surface area contributed by atoms with Gasteiger partial charge in [-0.1, -0.05) is 29.8 Å². The number of carbonyl (C=O) groups is 2. The first-order valence-electron chi connectivity index (χ1n) is 6.79. The van der Waals surface area contributed by atoms with E-state index in [2.05, 4.69) is 6.07 Å². The van der Waals surface area contributed by atoms with Crippen LogP contribution in [0, 0.1) is 6.92 Å². The van der Waals surface area contributed by atoms with Crippen molar-refractivity contribution in [2.45, 2.75) is 32.4 Å². The Labute approximate surface area is 113 Å². The summed E-state index contributed by atoms with van der Waals surface area (Å²) in [5, 5.41) is 0. The van der Waals surface area contributed by atoms with Crippen LogP contribution in [0.15, 0.2) is 24.3 Å². The van der Waals surface area contributed by atoms with E-state index in [0.717, 1.165) is 24.9 Å². The molecule has 4 heteroatoms. The van der Waals surface area contributed by atoms with Crippen molar-refractivity contribution in [3.8, 4) is 0 Å². The molecule has 0 spiro atoms. The van der Waals surface area contributed by atoms with Gasteiger partial charge in [0.15, 0.2) is 0 Å². The molecule has 2 aliphatic rings. The first-order valence-corrected chi connectivity index (χ1v) is 6.79. The summed E-state index contributed by atoms with van der Waals surface area (Å²) in [6.07, 6.45) is 1.76. The number of hydrogen-bond acceptors (Lipinski definition) is 2. The molecule has 3 rings (SSSR count). The van der Waals surface area contributed by atoms with Crippen LogP contribution in [0.1, 0.15) is 24.0 Å². The lowest BCUT2D eigenvalue weighted by molar-refractivity contribution is -0.154. The molecule has 1 aromatic carbocycles. The Morgan fingerprint density at radius 2 is 2.16 bits per heavy atom. The zero-order valence-electron chi connectivity index (χ0n) is 11.1. The number of nitrogens with zero attached hydrogens (tertiary/aromatic N) is 2. The normalized spacial score (nSPS) is 22.9. The molecule has 2 amide bonds. The largest absolute Gasteiger partial charge is 0.329 e. The van der Waals surface area contributed by atoms with E-state index in [9.17, 15) is 9.59 Å². The summed E-state index contributed by atoms with van der Waals surface area (Å²) in [6, 6.07) is 7.89. The van der Waals surface area contributed by atoms with Crippen molar-refractivity contribution < 1.29 is 9.59 Å². The van der Waals surface area contributed by atoms with Gasteiger partial charge in [0.2, 0.25) is 11.8 Å².